The number of hydrogen-bond acceptors (Lipinski definition) is 5. The molecule has 2 aromatic heterocycles. The van der Waals surface area contributed by atoms with Crippen LogP contribution in [0.1, 0.15) is 5.56 Å². The van der Waals surface area contributed by atoms with Crippen molar-refractivity contribution in [3.8, 4) is 11.4 Å². The molecule has 0 radical (unpaired) electrons. The number of rotatable bonds is 4. The van der Waals surface area contributed by atoms with Crippen molar-refractivity contribution in [3.63, 3.8) is 0 Å². The normalized spacial score (nSPS) is 10.4. The third kappa shape index (κ3) is 3.37. The van der Waals surface area contributed by atoms with E-state index in [-0.39, 0.29) is 18.3 Å². The quantitative estimate of drug-likeness (QED) is 0.774. The predicted octanol–water partition coefficient (Wildman–Crippen LogP) is 3.08. The number of pyridine rings is 1. The number of nitrogens with zero attached hydrogens (tertiary/aromatic N) is 3. The fourth-order valence-electron chi connectivity index (χ4n) is 1.87. The largest absolute Gasteiger partial charge is 0.328 e. The lowest BCUT2D eigenvalue weighted by Crippen LogP contribution is -2.14. The van der Waals surface area contributed by atoms with Crippen molar-refractivity contribution in [2.75, 3.05) is 5.32 Å². The smallest absolute Gasteiger partial charge is 0.315 e. The first-order valence-corrected chi connectivity index (χ1v) is 7.29. The molecule has 0 unspecified atom stereocenters. The van der Waals surface area contributed by atoms with E-state index in [2.05, 4.69) is 36.4 Å². The summed E-state index contributed by atoms with van der Waals surface area (Å²) in [5.41, 5.74) is 1.65. The van der Waals surface area contributed by atoms with Crippen LogP contribution in [-0.4, -0.2) is 21.0 Å². The molecule has 2 heterocycles. The van der Waals surface area contributed by atoms with Gasteiger partial charge >= 0.3 is 6.01 Å². The van der Waals surface area contributed by atoms with E-state index in [0.717, 1.165) is 15.6 Å². The SMILES string of the molecule is O=C(Cc1ccccc1Br)Nc1nc(-c2ccncc2)no1. The molecule has 6 nitrogen and oxygen atoms in total. The molecule has 0 spiro atoms. The summed E-state index contributed by atoms with van der Waals surface area (Å²) in [6.45, 7) is 0. The lowest BCUT2D eigenvalue weighted by Gasteiger charge is -2.02. The van der Waals surface area contributed by atoms with Crippen molar-refractivity contribution in [1.82, 2.24) is 15.1 Å². The minimum Gasteiger partial charge on any atom is -0.315 e. The van der Waals surface area contributed by atoms with Gasteiger partial charge < -0.3 is 4.52 Å². The number of nitrogens with one attached hydrogen (secondary N) is 1. The second-order valence-electron chi connectivity index (χ2n) is 4.48. The first-order valence-electron chi connectivity index (χ1n) is 6.50. The Kier molecular flexibility index (Phi) is 4.24. The van der Waals surface area contributed by atoms with Crippen molar-refractivity contribution in [2.24, 2.45) is 0 Å². The van der Waals surface area contributed by atoms with E-state index in [4.69, 9.17) is 4.52 Å². The molecule has 0 bridgehead atoms. The molecule has 22 heavy (non-hydrogen) atoms. The summed E-state index contributed by atoms with van der Waals surface area (Å²) in [5, 5.41) is 6.42. The molecule has 110 valence electrons. The summed E-state index contributed by atoms with van der Waals surface area (Å²) < 4.78 is 5.92. The van der Waals surface area contributed by atoms with Crippen LogP contribution in [0, 0.1) is 0 Å². The van der Waals surface area contributed by atoms with Gasteiger partial charge in [-0.15, -0.1) is 0 Å². The van der Waals surface area contributed by atoms with Gasteiger partial charge in [0.25, 0.3) is 0 Å². The second-order valence-corrected chi connectivity index (χ2v) is 5.33. The lowest BCUT2D eigenvalue weighted by molar-refractivity contribution is -0.115. The zero-order valence-electron chi connectivity index (χ0n) is 11.4. The van der Waals surface area contributed by atoms with Crippen LogP contribution in [0.2, 0.25) is 0 Å². The van der Waals surface area contributed by atoms with Gasteiger partial charge in [-0.05, 0) is 23.8 Å². The minimum atomic E-state index is -0.225. The van der Waals surface area contributed by atoms with Crippen molar-refractivity contribution in [2.45, 2.75) is 6.42 Å². The zero-order chi connectivity index (χ0) is 15.4. The maximum atomic E-state index is 12.0. The Bertz CT molecular complexity index is 789. The van der Waals surface area contributed by atoms with Gasteiger partial charge in [-0.2, -0.15) is 4.98 Å². The first kappa shape index (κ1) is 14.4. The van der Waals surface area contributed by atoms with Crippen LogP contribution in [0.25, 0.3) is 11.4 Å². The fourth-order valence-corrected chi connectivity index (χ4v) is 2.30. The van der Waals surface area contributed by atoms with Crippen molar-refractivity contribution >= 4 is 27.9 Å². The monoisotopic (exact) mass is 358 g/mol. The highest BCUT2D eigenvalue weighted by atomic mass is 79.9. The van der Waals surface area contributed by atoms with Crippen molar-refractivity contribution in [1.29, 1.82) is 0 Å². The van der Waals surface area contributed by atoms with Crippen LogP contribution in [-0.2, 0) is 11.2 Å². The number of hydrogen-bond donors (Lipinski definition) is 1. The van der Waals surface area contributed by atoms with Crippen molar-refractivity contribution in [3.05, 3.63) is 58.8 Å². The molecule has 0 atom stereocenters. The maximum absolute atomic E-state index is 12.0. The average Bonchev–Trinajstić information content (AvgIpc) is 2.99. The minimum absolute atomic E-state index is 0.0730. The van der Waals surface area contributed by atoms with Gasteiger partial charge in [-0.1, -0.05) is 39.3 Å². The van der Waals surface area contributed by atoms with Crippen LogP contribution in [0.3, 0.4) is 0 Å². The molecule has 0 fully saturated rings. The molecule has 7 heteroatoms. The highest BCUT2D eigenvalue weighted by molar-refractivity contribution is 9.10. The predicted molar refractivity (Wildman–Crippen MR) is 84.0 cm³/mol. The molecule has 0 aliphatic rings. The third-order valence-electron chi connectivity index (χ3n) is 2.92. The van der Waals surface area contributed by atoms with Gasteiger partial charge in [0.15, 0.2) is 0 Å². The average molecular weight is 359 g/mol. The number of aromatic nitrogens is 3. The summed E-state index contributed by atoms with van der Waals surface area (Å²) in [6.07, 6.45) is 3.49. The molecule has 0 saturated heterocycles. The second kappa shape index (κ2) is 6.48. The molecule has 3 rings (SSSR count). The highest BCUT2D eigenvalue weighted by Crippen LogP contribution is 2.18. The van der Waals surface area contributed by atoms with Gasteiger partial charge in [0, 0.05) is 22.4 Å². The number of anilines is 1. The number of amides is 1. The van der Waals surface area contributed by atoms with Crippen LogP contribution in [0.15, 0.2) is 57.8 Å². The Morgan fingerprint density at radius 3 is 2.73 bits per heavy atom. The molecule has 1 aromatic carbocycles. The number of benzene rings is 1. The van der Waals surface area contributed by atoms with Gasteiger partial charge in [0.2, 0.25) is 11.7 Å². The number of carbonyl (C=O) groups is 1. The van der Waals surface area contributed by atoms with Gasteiger partial charge in [0.05, 0.1) is 6.42 Å². The van der Waals surface area contributed by atoms with Crippen molar-refractivity contribution < 1.29 is 9.32 Å². The number of halogens is 1. The molecular formula is C15H11BrN4O2. The Morgan fingerprint density at radius 2 is 1.95 bits per heavy atom. The van der Waals surface area contributed by atoms with E-state index in [1.165, 1.54) is 0 Å². The topological polar surface area (TPSA) is 80.9 Å². The van der Waals surface area contributed by atoms with Gasteiger partial charge in [0.1, 0.15) is 0 Å². The molecule has 1 amide bonds. The fraction of sp³-hybridized carbons (Fsp3) is 0.0667. The van der Waals surface area contributed by atoms with Gasteiger partial charge in [-0.3, -0.25) is 15.1 Å². The summed E-state index contributed by atoms with van der Waals surface area (Å²) in [7, 11) is 0. The first-order chi connectivity index (χ1) is 10.7. The molecule has 0 saturated carbocycles. The third-order valence-corrected chi connectivity index (χ3v) is 3.69. The van der Waals surface area contributed by atoms with E-state index in [9.17, 15) is 4.79 Å². The zero-order valence-corrected chi connectivity index (χ0v) is 12.9. The highest BCUT2D eigenvalue weighted by Gasteiger charge is 2.12. The summed E-state index contributed by atoms with van der Waals surface area (Å²) in [4.78, 5) is 20.1. The summed E-state index contributed by atoms with van der Waals surface area (Å²) in [5.74, 6) is 0.176. The van der Waals surface area contributed by atoms with Crippen LogP contribution in [0.4, 0.5) is 6.01 Å². The maximum Gasteiger partial charge on any atom is 0.328 e. The van der Waals surface area contributed by atoms with E-state index < -0.39 is 0 Å². The number of carbonyl (C=O) groups excluding carboxylic acids is 1. The summed E-state index contributed by atoms with van der Waals surface area (Å²) in [6, 6.07) is 11.1. The van der Waals surface area contributed by atoms with Crippen LogP contribution >= 0.6 is 15.9 Å². The standard InChI is InChI=1S/C15H11BrN4O2/c16-12-4-2-1-3-11(12)9-13(21)18-15-19-14(20-22-15)10-5-7-17-8-6-10/h1-8H,9H2,(H,18,19,20,21). The van der Waals surface area contributed by atoms with E-state index in [1.807, 2.05) is 24.3 Å². The lowest BCUT2D eigenvalue weighted by atomic mass is 10.1. The van der Waals surface area contributed by atoms with E-state index in [0.29, 0.717) is 5.82 Å². The van der Waals surface area contributed by atoms with E-state index >= 15 is 0 Å². The van der Waals surface area contributed by atoms with Crippen LogP contribution < -0.4 is 5.32 Å². The molecule has 1 N–H and O–H groups in total. The summed E-state index contributed by atoms with van der Waals surface area (Å²) >= 11 is 3.41. The Hall–Kier alpha value is -2.54. The van der Waals surface area contributed by atoms with Crippen LogP contribution in [0.5, 0.6) is 0 Å². The molecular weight excluding hydrogens is 348 g/mol. The Labute approximate surface area is 134 Å². The van der Waals surface area contributed by atoms with Gasteiger partial charge in [-0.25, -0.2) is 0 Å². The molecule has 3 aromatic rings. The molecule has 0 aliphatic heterocycles. The Balaban J connectivity index is 1.68. The molecule has 0 aliphatic carbocycles. The van der Waals surface area contributed by atoms with E-state index in [1.54, 1.807) is 24.5 Å². The Morgan fingerprint density at radius 1 is 1.18 bits per heavy atom.